The number of aromatic nitrogens is 2. The van der Waals surface area contributed by atoms with Crippen molar-refractivity contribution in [2.45, 2.75) is 32.9 Å². The Bertz CT molecular complexity index is 1040. The van der Waals surface area contributed by atoms with E-state index in [0.29, 0.717) is 16.5 Å². The van der Waals surface area contributed by atoms with E-state index in [1.54, 1.807) is 31.4 Å². The molecule has 27 heavy (non-hydrogen) atoms. The maximum Gasteiger partial charge on any atom is 0.274 e. The average molecular weight is 365 g/mol. The first-order chi connectivity index (χ1) is 12.9. The highest BCUT2D eigenvalue weighted by atomic mass is 16.5. The van der Waals surface area contributed by atoms with E-state index in [4.69, 9.17) is 4.74 Å². The van der Waals surface area contributed by atoms with E-state index in [-0.39, 0.29) is 29.2 Å². The van der Waals surface area contributed by atoms with Gasteiger partial charge in [-0.3, -0.25) is 9.59 Å². The predicted molar refractivity (Wildman–Crippen MR) is 105 cm³/mol. The van der Waals surface area contributed by atoms with E-state index < -0.39 is 0 Å². The molecule has 0 bridgehead atoms. The van der Waals surface area contributed by atoms with Gasteiger partial charge in [0.05, 0.1) is 24.6 Å². The summed E-state index contributed by atoms with van der Waals surface area (Å²) >= 11 is 0. The van der Waals surface area contributed by atoms with E-state index in [2.05, 4.69) is 10.4 Å². The maximum atomic E-state index is 13.0. The number of ether oxygens (including phenoxy) is 1. The lowest BCUT2D eigenvalue weighted by Crippen LogP contribution is -2.32. The molecule has 1 amide bonds. The molecule has 0 unspecified atom stereocenters. The molecule has 0 saturated heterocycles. The standard InChI is InChI=1S/C21H23N3O3/c1-13(2)24-21(26)17-11-6-5-10-16(17)19(23-24)20(25)22-14(3)15-9-7-8-12-18(15)27-4/h5-14H,1-4H3,(H,22,25)/t14-/m1/s1. The van der Waals surface area contributed by atoms with Gasteiger partial charge in [0, 0.05) is 10.9 Å². The van der Waals surface area contributed by atoms with Crippen LogP contribution in [0.2, 0.25) is 0 Å². The van der Waals surface area contributed by atoms with Crippen molar-refractivity contribution in [1.82, 2.24) is 15.1 Å². The number of para-hydroxylation sites is 1. The van der Waals surface area contributed by atoms with Crippen molar-refractivity contribution >= 4 is 16.7 Å². The summed E-state index contributed by atoms with van der Waals surface area (Å²) in [5.41, 5.74) is 0.908. The SMILES string of the molecule is COc1ccccc1[C@@H](C)NC(=O)c1nn(C(C)C)c(=O)c2ccccc12. The van der Waals surface area contributed by atoms with Gasteiger partial charge in [0.25, 0.3) is 11.5 Å². The Kier molecular flexibility index (Phi) is 5.26. The van der Waals surface area contributed by atoms with E-state index in [1.807, 2.05) is 45.0 Å². The van der Waals surface area contributed by atoms with Crippen LogP contribution in [0.3, 0.4) is 0 Å². The number of carbonyl (C=O) groups excluding carboxylic acids is 1. The Hall–Kier alpha value is -3.15. The fourth-order valence-corrected chi connectivity index (χ4v) is 3.09. The van der Waals surface area contributed by atoms with E-state index in [9.17, 15) is 9.59 Å². The van der Waals surface area contributed by atoms with Crippen molar-refractivity contribution in [2.75, 3.05) is 7.11 Å². The number of methoxy groups -OCH3 is 1. The zero-order valence-corrected chi connectivity index (χ0v) is 15.9. The topological polar surface area (TPSA) is 73.2 Å². The third-order valence-corrected chi connectivity index (χ3v) is 4.49. The first kappa shape index (κ1) is 18.6. The molecule has 3 aromatic rings. The number of hydrogen-bond acceptors (Lipinski definition) is 4. The normalized spacial score (nSPS) is 12.2. The van der Waals surface area contributed by atoms with Gasteiger partial charge in [-0.2, -0.15) is 5.10 Å². The average Bonchev–Trinajstić information content (AvgIpc) is 2.68. The highest BCUT2D eigenvalue weighted by molar-refractivity contribution is 6.04. The molecule has 0 aliphatic carbocycles. The number of nitrogens with zero attached hydrogens (tertiary/aromatic N) is 2. The van der Waals surface area contributed by atoms with Crippen molar-refractivity contribution in [2.24, 2.45) is 0 Å². The minimum atomic E-state index is -0.334. The van der Waals surface area contributed by atoms with Gasteiger partial charge in [0.1, 0.15) is 5.75 Å². The fraction of sp³-hybridized carbons (Fsp3) is 0.286. The summed E-state index contributed by atoms with van der Waals surface area (Å²) in [4.78, 5) is 25.6. The van der Waals surface area contributed by atoms with E-state index in [0.717, 1.165) is 5.56 Å². The lowest BCUT2D eigenvalue weighted by atomic mass is 10.1. The predicted octanol–water partition coefficient (Wildman–Crippen LogP) is 3.48. The highest BCUT2D eigenvalue weighted by Crippen LogP contribution is 2.25. The summed E-state index contributed by atoms with van der Waals surface area (Å²) < 4.78 is 6.73. The quantitative estimate of drug-likeness (QED) is 0.751. The van der Waals surface area contributed by atoms with Crippen LogP contribution in [0.15, 0.2) is 53.3 Å². The lowest BCUT2D eigenvalue weighted by Gasteiger charge is -2.18. The van der Waals surface area contributed by atoms with Gasteiger partial charge in [-0.05, 0) is 32.9 Å². The first-order valence-corrected chi connectivity index (χ1v) is 8.89. The number of carbonyl (C=O) groups is 1. The van der Waals surface area contributed by atoms with Crippen LogP contribution in [0.1, 0.15) is 48.9 Å². The van der Waals surface area contributed by atoms with Crippen LogP contribution in [0.25, 0.3) is 10.8 Å². The maximum absolute atomic E-state index is 13.0. The van der Waals surface area contributed by atoms with E-state index in [1.165, 1.54) is 4.68 Å². The molecule has 1 heterocycles. The zero-order chi connectivity index (χ0) is 19.6. The lowest BCUT2D eigenvalue weighted by molar-refractivity contribution is 0.0933. The van der Waals surface area contributed by atoms with Crippen LogP contribution < -0.4 is 15.6 Å². The number of fused-ring (bicyclic) bond motifs is 1. The molecule has 1 N–H and O–H groups in total. The van der Waals surface area contributed by atoms with Gasteiger partial charge in [-0.15, -0.1) is 0 Å². The van der Waals surface area contributed by atoms with Crippen molar-refractivity contribution in [3.05, 3.63) is 70.1 Å². The van der Waals surface area contributed by atoms with Gasteiger partial charge in [-0.25, -0.2) is 4.68 Å². The highest BCUT2D eigenvalue weighted by Gasteiger charge is 2.20. The molecule has 2 aromatic carbocycles. The second-order valence-corrected chi connectivity index (χ2v) is 6.67. The summed E-state index contributed by atoms with van der Waals surface area (Å²) in [6, 6.07) is 14.1. The Morgan fingerprint density at radius 3 is 2.33 bits per heavy atom. The van der Waals surface area contributed by atoms with Crippen LogP contribution in [0.5, 0.6) is 5.75 Å². The van der Waals surface area contributed by atoms with Crippen LogP contribution in [-0.2, 0) is 0 Å². The number of hydrogen-bond donors (Lipinski definition) is 1. The summed E-state index contributed by atoms with van der Waals surface area (Å²) in [5.74, 6) is 0.370. The molecule has 0 fully saturated rings. The molecule has 0 radical (unpaired) electrons. The monoisotopic (exact) mass is 365 g/mol. The molecule has 0 saturated carbocycles. The van der Waals surface area contributed by atoms with Gasteiger partial charge in [0.15, 0.2) is 5.69 Å². The first-order valence-electron chi connectivity index (χ1n) is 8.89. The molecule has 140 valence electrons. The molecule has 0 spiro atoms. The van der Waals surface area contributed by atoms with Crippen molar-refractivity contribution in [3.8, 4) is 5.75 Å². The largest absolute Gasteiger partial charge is 0.496 e. The second kappa shape index (κ2) is 7.61. The third-order valence-electron chi connectivity index (χ3n) is 4.49. The molecule has 3 rings (SSSR count). The minimum absolute atomic E-state index is 0.153. The number of nitrogens with one attached hydrogen (secondary N) is 1. The van der Waals surface area contributed by atoms with Gasteiger partial charge in [-0.1, -0.05) is 36.4 Å². The van der Waals surface area contributed by atoms with Crippen LogP contribution in [0, 0.1) is 0 Å². The van der Waals surface area contributed by atoms with E-state index >= 15 is 0 Å². The van der Waals surface area contributed by atoms with Crippen LogP contribution in [-0.4, -0.2) is 22.8 Å². The Morgan fingerprint density at radius 1 is 1.04 bits per heavy atom. The zero-order valence-electron chi connectivity index (χ0n) is 15.9. The van der Waals surface area contributed by atoms with Crippen LogP contribution in [0.4, 0.5) is 0 Å². The van der Waals surface area contributed by atoms with Crippen LogP contribution >= 0.6 is 0 Å². The smallest absolute Gasteiger partial charge is 0.274 e. The van der Waals surface area contributed by atoms with Gasteiger partial charge in [0.2, 0.25) is 0 Å². The third kappa shape index (κ3) is 3.56. The molecular formula is C21H23N3O3. The van der Waals surface area contributed by atoms with Crippen molar-refractivity contribution in [1.29, 1.82) is 0 Å². The molecule has 0 aliphatic rings. The minimum Gasteiger partial charge on any atom is -0.496 e. The number of benzene rings is 2. The molecule has 1 aromatic heterocycles. The van der Waals surface area contributed by atoms with Gasteiger partial charge < -0.3 is 10.1 Å². The Morgan fingerprint density at radius 2 is 1.67 bits per heavy atom. The molecule has 0 aliphatic heterocycles. The van der Waals surface area contributed by atoms with Crippen molar-refractivity contribution < 1.29 is 9.53 Å². The summed E-state index contributed by atoms with van der Waals surface area (Å²) in [6.07, 6.45) is 0. The fourth-order valence-electron chi connectivity index (χ4n) is 3.09. The number of rotatable bonds is 5. The summed E-state index contributed by atoms with van der Waals surface area (Å²) in [5, 5.41) is 8.35. The van der Waals surface area contributed by atoms with Gasteiger partial charge >= 0.3 is 0 Å². The molecular weight excluding hydrogens is 342 g/mol. The molecule has 1 atom stereocenters. The summed E-state index contributed by atoms with van der Waals surface area (Å²) in [6.45, 7) is 5.61. The Balaban J connectivity index is 2.03. The molecule has 6 heteroatoms. The Labute approximate surface area is 157 Å². The number of amides is 1. The summed E-state index contributed by atoms with van der Waals surface area (Å²) in [7, 11) is 1.60. The van der Waals surface area contributed by atoms with Crippen molar-refractivity contribution in [3.63, 3.8) is 0 Å². The molecule has 6 nitrogen and oxygen atoms in total. The second-order valence-electron chi connectivity index (χ2n) is 6.67.